The lowest BCUT2D eigenvalue weighted by atomic mass is 9.47. The molecule has 0 aromatic heterocycles. The summed E-state index contributed by atoms with van der Waals surface area (Å²) >= 11 is 7.23. The summed E-state index contributed by atoms with van der Waals surface area (Å²) in [6, 6.07) is 9.29. The fourth-order valence-corrected chi connectivity index (χ4v) is 9.07. The van der Waals surface area contributed by atoms with Crippen molar-refractivity contribution in [1.82, 2.24) is 0 Å². The number of halogens is 1. The molecular weight excluding hydrogens is 740 g/mol. The molecule has 15 nitrogen and oxygen atoms in total. The van der Waals surface area contributed by atoms with Gasteiger partial charge in [0.1, 0.15) is 18.4 Å². The van der Waals surface area contributed by atoms with Gasteiger partial charge in [0.05, 0.1) is 11.4 Å². The number of anilines is 1. The van der Waals surface area contributed by atoms with Gasteiger partial charge in [-0.15, -0.1) is 0 Å². The smallest absolute Gasteiger partial charge is 0.345 e. The van der Waals surface area contributed by atoms with Crippen LogP contribution in [0, 0.1) is 23.7 Å². The monoisotopic (exact) mass is 782 g/mol. The van der Waals surface area contributed by atoms with E-state index in [9.17, 15) is 29.1 Å². The van der Waals surface area contributed by atoms with E-state index in [1.807, 2.05) is 0 Å². The number of hydrogen-bond donors (Lipinski definition) is 5. The first-order valence-electron chi connectivity index (χ1n) is 18.0. The van der Waals surface area contributed by atoms with Gasteiger partial charge in [-0.3, -0.25) is 14.4 Å². The first-order chi connectivity index (χ1) is 26.3. The van der Waals surface area contributed by atoms with Crippen LogP contribution < -0.4 is 15.8 Å². The maximum absolute atomic E-state index is 12.3. The van der Waals surface area contributed by atoms with Crippen molar-refractivity contribution in [2.24, 2.45) is 29.4 Å². The van der Waals surface area contributed by atoms with Crippen molar-refractivity contribution in [2.75, 3.05) is 12.4 Å². The van der Waals surface area contributed by atoms with Crippen molar-refractivity contribution in [3.8, 4) is 5.75 Å². The second kappa shape index (κ2) is 16.5. The quantitative estimate of drug-likeness (QED) is 0.0613. The SMILES string of the molecule is COC1(c2ccc(/C=C/C=C/C(=O)OC(CC(=O)O)C(=O)O)c(OCc3ccc(NC(=O)CC[C@@H](N)C(=O)O)cc3)c2Cl)OOC12C1CC3CC(C1)CC2C3. The second-order valence-electron chi connectivity index (χ2n) is 14.5. The lowest BCUT2D eigenvalue weighted by molar-refractivity contribution is -0.645. The Morgan fingerprint density at radius 1 is 0.945 bits per heavy atom. The lowest BCUT2D eigenvalue weighted by Crippen LogP contribution is -2.76. The van der Waals surface area contributed by atoms with E-state index in [0.717, 1.165) is 37.3 Å². The predicted octanol–water partition coefficient (Wildman–Crippen LogP) is 5.05. The summed E-state index contributed by atoms with van der Waals surface area (Å²) < 4.78 is 17.4. The molecule has 6 N–H and O–H groups in total. The lowest BCUT2D eigenvalue weighted by Gasteiger charge is -2.68. The van der Waals surface area contributed by atoms with Crippen molar-refractivity contribution < 1.29 is 63.3 Å². The van der Waals surface area contributed by atoms with E-state index in [1.165, 1.54) is 18.6 Å². The standard InChI is InChI=1S/C39H43ClN2O13/c1-51-39(38(54-55-39)25-15-22-14-23(17-25)18-26(38)16-22)28-11-8-24(4-2-3-5-33(46)53-30(37(49)50)19-32(44)45)35(34(28)40)52-20-21-6-9-27(10-7-21)42-31(43)13-12-29(41)36(47)48/h2-11,22-23,25-26,29-30H,12-20,41H2,1H3,(H,42,43)(H,44,45)(H,47,48)(H,49,50)/b4-2+,5-3+/t22?,23?,25?,26?,29-,30?,38?,39?/m1/s1. The molecule has 16 heteroatoms. The molecule has 0 radical (unpaired) electrons. The van der Waals surface area contributed by atoms with Crippen molar-refractivity contribution in [3.05, 3.63) is 76.3 Å². The number of ether oxygens (including phenoxy) is 3. The number of esters is 1. The first kappa shape index (κ1) is 39.9. The molecule has 2 aromatic carbocycles. The minimum atomic E-state index is -1.85. The zero-order chi connectivity index (χ0) is 39.5. The third-order valence-corrected chi connectivity index (χ3v) is 11.4. The Balaban J connectivity index is 1.23. The zero-order valence-electron chi connectivity index (χ0n) is 30.0. The number of carboxylic acids is 3. The molecule has 1 amide bonds. The summed E-state index contributed by atoms with van der Waals surface area (Å²) in [5.74, 6) is -4.87. The highest BCUT2D eigenvalue weighted by Crippen LogP contribution is 2.70. The topological polar surface area (TPSA) is 230 Å². The third-order valence-electron chi connectivity index (χ3n) is 11.1. The number of methoxy groups -OCH3 is 1. The fraction of sp³-hybridized carbons (Fsp3) is 0.462. The van der Waals surface area contributed by atoms with Gasteiger partial charge in [0.15, 0.2) is 5.60 Å². The van der Waals surface area contributed by atoms with Gasteiger partial charge >= 0.3 is 23.9 Å². The van der Waals surface area contributed by atoms with E-state index in [0.29, 0.717) is 28.7 Å². The van der Waals surface area contributed by atoms with E-state index in [-0.39, 0.29) is 48.0 Å². The predicted molar refractivity (Wildman–Crippen MR) is 194 cm³/mol. The molecule has 5 fully saturated rings. The van der Waals surface area contributed by atoms with Gasteiger partial charge in [0.2, 0.25) is 12.0 Å². The van der Waals surface area contributed by atoms with Gasteiger partial charge in [0, 0.05) is 36.4 Å². The van der Waals surface area contributed by atoms with Gasteiger partial charge in [-0.2, -0.15) is 4.89 Å². The van der Waals surface area contributed by atoms with Gasteiger partial charge in [-0.25, -0.2) is 14.5 Å². The first-order valence-corrected chi connectivity index (χ1v) is 18.4. The van der Waals surface area contributed by atoms with Crippen LogP contribution in [0.3, 0.4) is 0 Å². The molecule has 2 aromatic rings. The molecular formula is C39H43ClN2O13. The molecule has 4 aliphatic carbocycles. The molecule has 4 bridgehead atoms. The van der Waals surface area contributed by atoms with Gasteiger partial charge in [-0.1, -0.05) is 54.1 Å². The summed E-state index contributed by atoms with van der Waals surface area (Å²) in [6.07, 6.45) is 7.90. The number of nitrogens with two attached hydrogens (primary N) is 1. The van der Waals surface area contributed by atoms with E-state index < -0.39 is 53.8 Å². The van der Waals surface area contributed by atoms with Crippen LogP contribution in [-0.4, -0.2) is 70.0 Å². The van der Waals surface area contributed by atoms with Crippen LogP contribution in [0.25, 0.3) is 6.08 Å². The average Bonchev–Trinajstić information content (AvgIpc) is 3.12. The van der Waals surface area contributed by atoms with E-state index in [4.69, 9.17) is 51.5 Å². The number of carbonyl (C=O) groups excluding carboxylic acids is 2. The van der Waals surface area contributed by atoms with Crippen LogP contribution >= 0.6 is 11.6 Å². The molecule has 4 saturated carbocycles. The maximum Gasteiger partial charge on any atom is 0.345 e. The Kier molecular flexibility index (Phi) is 12.0. The van der Waals surface area contributed by atoms with Gasteiger partial charge in [-0.05, 0) is 79.9 Å². The Labute approximate surface area is 321 Å². The number of hydrogen-bond acceptors (Lipinski definition) is 11. The molecule has 2 unspecified atom stereocenters. The Morgan fingerprint density at radius 2 is 1.62 bits per heavy atom. The Hall–Kier alpha value is -4.80. The Bertz CT molecular complexity index is 1850. The van der Waals surface area contributed by atoms with Crippen LogP contribution in [0.4, 0.5) is 5.69 Å². The van der Waals surface area contributed by atoms with Crippen LogP contribution in [0.2, 0.25) is 5.02 Å². The van der Waals surface area contributed by atoms with Crippen LogP contribution in [0.5, 0.6) is 5.75 Å². The molecule has 7 rings (SSSR count). The summed E-state index contributed by atoms with van der Waals surface area (Å²) in [6.45, 7) is 0.0467. The Morgan fingerprint density at radius 3 is 2.18 bits per heavy atom. The average molecular weight is 783 g/mol. The molecule has 5 aliphatic rings. The molecule has 1 aliphatic heterocycles. The number of benzene rings is 2. The minimum Gasteiger partial charge on any atom is -0.487 e. The molecule has 1 saturated heterocycles. The zero-order valence-corrected chi connectivity index (χ0v) is 30.7. The van der Waals surface area contributed by atoms with Crippen molar-refractivity contribution in [1.29, 1.82) is 0 Å². The number of rotatable bonds is 17. The summed E-state index contributed by atoms with van der Waals surface area (Å²) in [4.78, 5) is 69.9. The number of carbonyl (C=O) groups is 5. The molecule has 3 atom stereocenters. The minimum absolute atomic E-state index is 0.00740. The highest BCUT2D eigenvalue weighted by atomic mass is 35.5. The van der Waals surface area contributed by atoms with E-state index in [2.05, 4.69) is 5.32 Å². The van der Waals surface area contributed by atoms with Gasteiger partial charge < -0.3 is 40.6 Å². The van der Waals surface area contributed by atoms with Crippen molar-refractivity contribution in [3.63, 3.8) is 0 Å². The highest BCUT2D eigenvalue weighted by molar-refractivity contribution is 6.33. The third kappa shape index (κ3) is 8.12. The number of allylic oxidation sites excluding steroid dienone is 2. The van der Waals surface area contributed by atoms with Gasteiger partial charge in [0.25, 0.3) is 5.79 Å². The number of aliphatic carboxylic acids is 3. The maximum atomic E-state index is 12.3. The van der Waals surface area contributed by atoms with Crippen LogP contribution in [-0.2, 0) is 55.6 Å². The number of carboxylic acid groups (broad SMARTS) is 3. The second-order valence-corrected chi connectivity index (χ2v) is 14.9. The summed E-state index contributed by atoms with van der Waals surface area (Å²) in [5, 5.41) is 30.0. The number of nitrogens with one attached hydrogen (secondary N) is 1. The summed E-state index contributed by atoms with van der Waals surface area (Å²) in [7, 11) is 1.58. The molecule has 55 heavy (non-hydrogen) atoms. The summed E-state index contributed by atoms with van der Waals surface area (Å²) in [5.41, 5.74) is 7.05. The van der Waals surface area contributed by atoms with E-state index in [1.54, 1.807) is 49.6 Å². The highest BCUT2D eigenvalue weighted by Gasteiger charge is 2.77. The van der Waals surface area contributed by atoms with Crippen LogP contribution in [0.1, 0.15) is 68.1 Å². The van der Waals surface area contributed by atoms with Crippen molar-refractivity contribution >= 4 is 53.1 Å². The molecule has 294 valence electrons. The number of amides is 1. The largest absolute Gasteiger partial charge is 0.487 e. The van der Waals surface area contributed by atoms with Crippen molar-refractivity contribution in [2.45, 2.75) is 81.5 Å². The normalized spacial score (nSPS) is 27.5. The fourth-order valence-electron chi connectivity index (χ4n) is 8.72. The van der Waals surface area contributed by atoms with Crippen LogP contribution in [0.15, 0.2) is 54.6 Å². The molecule has 1 heterocycles. The van der Waals surface area contributed by atoms with E-state index >= 15 is 0 Å². The molecule has 1 spiro atoms.